The molecule has 7 heteroatoms. The van der Waals surface area contributed by atoms with Crippen LogP contribution in [0.15, 0.2) is 41.2 Å². The molecule has 1 saturated heterocycles. The third-order valence-corrected chi connectivity index (χ3v) is 7.26. The van der Waals surface area contributed by atoms with E-state index >= 15 is 0 Å². The number of benzene rings is 2. The van der Waals surface area contributed by atoms with E-state index < -0.39 is 0 Å². The highest BCUT2D eigenvalue weighted by Crippen LogP contribution is 2.29. The standard InChI is InChI=1S/C27H34FN5O.C2H6/c1-3-32(4-2)20-8-10-25(23(28)17-20)33-14-12-31(13-15-33)18-19-7-9-21-24(16-19)30-27(34)22-6-5-11-29-26(21)22;1-2/h7-10,16-17,29H,3-6,11-15,18H2,1-2H3,(H,30,34);1-2H3. The van der Waals surface area contributed by atoms with Crippen LogP contribution < -0.4 is 20.7 Å². The van der Waals surface area contributed by atoms with Crippen LogP contribution in [0.4, 0.5) is 21.5 Å². The Kier molecular flexibility index (Phi) is 8.52. The van der Waals surface area contributed by atoms with Crippen molar-refractivity contribution in [2.75, 3.05) is 60.9 Å². The number of nitrogens with zero attached hydrogens (tertiary/aromatic N) is 3. The van der Waals surface area contributed by atoms with Crippen LogP contribution in [-0.2, 0) is 13.0 Å². The van der Waals surface area contributed by atoms with Gasteiger partial charge in [0.25, 0.3) is 5.56 Å². The van der Waals surface area contributed by atoms with Gasteiger partial charge in [-0.15, -0.1) is 0 Å². The number of aromatic nitrogens is 1. The monoisotopic (exact) mass is 493 g/mol. The first-order chi connectivity index (χ1) is 17.6. The molecule has 3 heterocycles. The Morgan fingerprint density at radius 2 is 1.75 bits per heavy atom. The third-order valence-electron chi connectivity index (χ3n) is 7.26. The summed E-state index contributed by atoms with van der Waals surface area (Å²) in [5.41, 5.74) is 5.60. The highest BCUT2D eigenvalue weighted by Gasteiger charge is 2.21. The normalized spacial score (nSPS) is 15.6. The fourth-order valence-electron chi connectivity index (χ4n) is 5.35. The minimum absolute atomic E-state index is 0.0227. The van der Waals surface area contributed by atoms with Crippen molar-refractivity contribution in [2.24, 2.45) is 0 Å². The summed E-state index contributed by atoms with van der Waals surface area (Å²) in [5.74, 6) is -0.145. The summed E-state index contributed by atoms with van der Waals surface area (Å²) in [5, 5.41) is 4.51. The van der Waals surface area contributed by atoms with Gasteiger partial charge in [0.05, 0.1) is 16.9 Å². The Morgan fingerprint density at radius 1 is 1.00 bits per heavy atom. The van der Waals surface area contributed by atoms with Crippen molar-refractivity contribution in [1.29, 1.82) is 0 Å². The van der Waals surface area contributed by atoms with Crippen LogP contribution >= 0.6 is 0 Å². The largest absolute Gasteiger partial charge is 0.384 e. The minimum atomic E-state index is -0.145. The lowest BCUT2D eigenvalue weighted by Crippen LogP contribution is -2.46. The second-order valence-corrected chi connectivity index (χ2v) is 9.29. The lowest BCUT2D eigenvalue weighted by Gasteiger charge is -2.36. The van der Waals surface area contributed by atoms with E-state index in [4.69, 9.17) is 0 Å². The van der Waals surface area contributed by atoms with Crippen LogP contribution in [0.25, 0.3) is 10.9 Å². The van der Waals surface area contributed by atoms with Crippen molar-refractivity contribution >= 4 is 28.0 Å². The third kappa shape index (κ3) is 5.36. The number of aromatic amines is 1. The molecule has 0 bridgehead atoms. The molecular weight excluding hydrogens is 453 g/mol. The van der Waals surface area contributed by atoms with Gasteiger partial charge in [-0.2, -0.15) is 0 Å². The Balaban J connectivity index is 0.00000148. The maximum absolute atomic E-state index is 14.9. The lowest BCUT2D eigenvalue weighted by atomic mass is 10.0. The zero-order chi connectivity index (χ0) is 25.7. The van der Waals surface area contributed by atoms with Crippen molar-refractivity contribution < 1.29 is 4.39 Å². The van der Waals surface area contributed by atoms with Gasteiger partial charge in [0, 0.05) is 69.0 Å². The number of hydrogen-bond acceptors (Lipinski definition) is 5. The molecule has 0 aliphatic carbocycles. The summed E-state index contributed by atoms with van der Waals surface area (Å²) in [4.78, 5) is 22.3. The molecule has 2 N–H and O–H groups in total. The summed E-state index contributed by atoms with van der Waals surface area (Å²) in [7, 11) is 0. The molecule has 1 aromatic heterocycles. The van der Waals surface area contributed by atoms with Crippen LogP contribution in [-0.4, -0.2) is 55.7 Å². The van der Waals surface area contributed by atoms with E-state index in [0.29, 0.717) is 5.69 Å². The van der Waals surface area contributed by atoms with Crippen LogP contribution in [0, 0.1) is 5.82 Å². The van der Waals surface area contributed by atoms with E-state index in [1.165, 1.54) is 5.56 Å². The van der Waals surface area contributed by atoms with Gasteiger partial charge in [-0.1, -0.05) is 26.0 Å². The van der Waals surface area contributed by atoms with Crippen molar-refractivity contribution in [1.82, 2.24) is 9.88 Å². The molecular formula is C29H40FN5O. The van der Waals surface area contributed by atoms with Crippen molar-refractivity contribution in [3.63, 3.8) is 0 Å². The van der Waals surface area contributed by atoms with Crippen molar-refractivity contribution in [3.8, 4) is 0 Å². The van der Waals surface area contributed by atoms with Gasteiger partial charge in [-0.25, -0.2) is 4.39 Å². The number of pyridine rings is 1. The SMILES string of the molecule is CC.CCN(CC)c1ccc(N2CCN(Cc3ccc4c5c(c(=O)[nH]c4c3)CCCN5)CC2)c(F)c1. The number of rotatable bonds is 6. The summed E-state index contributed by atoms with van der Waals surface area (Å²) < 4.78 is 14.9. The highest BCUT2D eigenvalue weighted by molar-refractivity contribution is 5.93. The van der Waals surface area contributed by atoms with Crippen LogP contribution in [0.3, 0.4) is 0 Å². The first-order valence-corrected chi connectivity index (χ1v) is 13.5. The highest BCUT2D eigenvalue weighted by atomic mass is 19.1. The number of halogens is 1. The second-order valence-electron chi connectivity index (χ2n) is 9.29. The van der Waals surface area contributed by atoms with Gasteiger partial charge in [-0.3, -0.25) is 9.69 Å². The molecule has 0 unspecified atom stereocenters. The topological polar surface area (TPSA) is 54.6 Å². The Labute approximate surface area is 214 Å². The molecule has 2 aliphatic heterocycles. The maximum atomic E-state index is 14.9. The number of fused-ring (bicyclic) bond motifs is 3. The predicted molar refractivity (Wildman–Crippen MR) is 150 cm³/mol. The molecule has 2 aliphatic rings. The average molecular weight is 494 g/mol. The fraction of sp³-hybridized carbons (Fsp3) is 0.483. The smallest absolute Gasteiger partial charge is 0.253 e. The Morgan fingerprint density at radius 3 is 2.44 bits per heavy atom. The summed E-state index contributed by atoms with van der Waals surface area (Å²) >= 11 is 0. The maximum Gasteiger partial charge on any atom is 0.253 e. The van der Waals surface area contributed by atoms with E-state index in [1.54, 1.807) is 6.07 Å². The molecule has 2 aromatic carbocycles. The molecule has 0 atom stereocenters. The van der Waals surface area contributed by atoms with Crippen LogP contribution in [0.1, 0.15) is 45.2 Å². The molecule has 1 fully saturated rings. The van der Waals surface area contributed by atoms with Crippen molar-refractivity contribution in [2.45, 2.75) is 47.1 Å². The molecule has 0 spiro atoms. The minimum Gasteiger partial charge on any atom is -0.384 e. The summed E-state index contributed by atoms with van der Waals surface area (Å²) in [6, 6.07) is 12.0. The number of hydrogen-bond donors (Lipinski definition) is 2. The average Bonchev–Trinajstić information content (AvgIpc) is 2.91. The Bertz CT molecular complexity index is 1230. The quantitative estimate of drug-likeness (QED) is 0.493. The molecule has 6 nitrogen and oxygen atoms in total. The van der Waals surface area contributed by atoms with E-state index in [-0.39, 0.29) is 11.4 Å². The predicted octanol–water partition coefficient (Wildman–Crippen LogP) is 5.22. The van der Waals surface area contributed by atoms with Crippen LogP contribution in [0.5, 0.6) is 0 Å². The molecule has 3 aromatic rings. The fourth-order valence-corrected chi connectivity index (χ4v) is 5.35. The van der Waals surface area contributed by atoms with E-state index in [2.05, 4.69) is 57.0 Å². The first kappa shape index (κ1) is 26.0. The number of H-pyrrole nitrogens is 1. The summed E-state index contributed by atoms with van der Waals surface area (Å²) in [6.45, 7) is 15.0. The lowest BCUT2D eigenvalue weighted by molar-refractivity contribution is 0.249. The van der Waals surface area contributed by atoms with Gasteiger partial charge >= 0.3 is 0 Å². The molecule has 194 valence electrons. The van der Waals surface area contributed by atoms with E-state index in [9.17, 15) is 9.18 Å². The van der Waals surface area contributed by atoms with Gasteiger partial charge in [0.15, 0.2) is 0 Å². The molecule has 5 rings (SSSR count). The van der Waals surface area contributed by atoms with Gasteiger partial charge < -0.3 is 20.1 Å². The second kappa shape index (κ2) is 11.8. The first-order valence-electron chi connectivity index (χ1n) is 13.5. The number of anilines is 3. The Hall–Kier alpha value is -3.06. The van der Waals surface area contributed by atoms with Crippen molar-refractivity contribution in [3.05, 3.63) is 63.7 Å². The molecule has 0 radical (unpaired) electrons. The van der Waals surface area contributed by atoms with E-state index in [1.807, 2.05) is 26.0 Å². The molecule has 36 heavy (non-hydrogen) atoms. The van der Waals surface area contributed by atoms with E-state index in [0.717, 1.165) is 93.0 Å². The van der Waals surface area contributed by atoms with Crippen LogP contribution in [0.2, 0.25) is 0 Å². The summed E-state index contributed by atoms with van der Waals surface area (Å²) in [6.07, 6.45) is 1.83. The molecule has 0 amide bonds. The van der Waals surface area contributed by atoms with Gasteiger partial charge in [0.1, 0.15) is 5.82 Å². The zero-order valence-electron chi connectivity index (χ0n) is 22.2. The van der Waals surface area contributed by atoms with Gasteiger partial charge in [0.2, 0.25) is 0 Å². The number of nitrogens with one attached hydrogen (secondary N) is 2. The number of piperazine rings is 1. The molecule has 0 saturated carbocycles. The zero-order valence-corrected chi connectivity index (χ0v) is 22.2. The van der Waals surface area contributed by atoms with Gasteiger partial charge in [-0.05, 0) is 56.5 Å².